The average molecular weight is 227 g/mol. The summed E-state index contributed by atoms with van der Waals surface area (Å²) >= 11 is 0. The van der Waals surface area contributed by atoms with Crippen LogP contribution in [-0.2, 0) is 0 Å². The molecule has 3 atom stereocenters. The molecule has 16 heavy (non-hydrogen) atoms. The lowest BCUT2D eigenvalue weighted by Gasteiger charge is -2.35. The molecule has 2 nitrogen and oxygen atoms in total. The van der Waals surface area contributed by atoms with Crippen LogP contribution in [0, 0.1) is 11.8 Å². The summed E-state index contributed by atoms with van der Waals surface area (Å²) in [6.07, 6.45) is 7.14. The SMILES string of the molecule is CCC(O)CCNC1CCCCC1C(C)C. The van der Waals surface area contributed by atoms with E-state index in [1.165, 1.54) is 25.7 Å². The fourth-order valence-corrected chi connectivity index (χ4v) is 2.85. The van der Waals surface area contributed by atoms with E-state index < -0.39 is 0 Å². The molecule has 0 heterocycles. The van der Waals surface area contributed by atoms with Gasteiger partial charge in [-0.25, -0.2) is 0 Å². The maximum absolute atomic E-state index is 9.52. The summed E-state index contributed by atoms with van der Waals surface area (Å²) in [6.45, 7) is 7.70. The lowest BCUT2D eigenvalue weighted by atomic mass is 9.78. The Hall–Kier alpha value is -0.0800. The highest BCUT2D eigenvalue weighted by molar-refractivity contribution is 4.82. The second kappa shape index (κ2) is 7.29. The van der Waals surface area contributed by atoms with Gasteiger partial charge in [0.1, 0.15) is 0 Å². The Morgan fingerprint density at radius 3 is 2.56 bits per heavy atom. The Morgan fingerprint density at radius 1 is 1.25 bits per heavy atom. The summed E-state index contributed by atoms with van der Waals surface area (Å²) in [5, 5.41) is 13.2. The molecule has 0 spiro atoms. The third-order valence-electron chi connectivity index (χ3n) is 4.03. The molecule has 0 aliphatic heterocycles. The smallest absolute Gasteiger partial charge is 0.0549 e. The lowest BCUT2D eigenvalue weighted by molar-refractivity contribution is 0.149. The van der Waals surface area contributed by atoms with Crippen LogP contribution in [-0.4, -0.2) is 23.8 Å². The van der Waals surface area contributed by atoms with Crippen LogP contribution >= 0.6 is 0 Å². The molecule has 96 valence electrons. The van der Waals surface area contributed by atoms with E-state index in [-0.39, 0.29) is 6.10 Å². The molecule has 0 aromatic carbocycles. The molecule has 0 aromatic heterocycles. The van der Waals surface area contributed by atoms with Crippen molar-refractivity contribution in [2.24, 2.45) is 11.8 Å². The van der Waals surface area contributed by atoms with E-state index in [1.54, 1.807) is 0 Å². The normalized spacial score (nSPS) is 28.3. The standard InChI is InChI=1S/C14H29NO/c1-4-12(16)9-10-15-14-8-6-5-7-13(14)11(2)3/h11-16H,4-10H2,1-3H3. The molecule has 0 bridgehead atoms. The van der Waals surface area contributed by atoms with Gasteiger partial charge in [-0.05, 0) is 44.1 Å². The van der Waals surface area contributed by atoms with Crippen molar-refractivity contribution in [2.75, 3.05) is 6.54 Å². The van der Waals surface area contributed by atoms with Crippen molar-refractivity contribution >= 4 is 0 Å². The quantitative estimate of drug-likeness (QED) is 0.731. The van der Waals surface area contributed by atoms with Crippen LogP contribution in [0.2, 0.25) is 0 Å². The topological polar surface area (TPSA) is 32.3 Å². The van der Waals surface area contributed by atoms with Gasteiger partial charge in [0.25, 0.3) is 0 Å². The number of nitrogens with one attached hydrogen (secondary N) is 1. The molecule has 1 aliphatic carbocycles. The third-order valence-corrected chi connectivity index (χ3v) is 4.03. The molecule has 1 rings (SSSR count). The van der Waals surface area contributed by atoms with Gasteiger partial charge in [-0.1, -0.05) is 33.6 Å². The van der Waals surface area contributed by atoms with Crippen LogP contribution < -0.4 is 5.32 Å². The van der Waals surface area contributed by atoms with E-state index in [9.17, 15) is 5.11 Å². The fraction of sp³-hybridized carbons (Fsp3) is 1.00. The summed E-state index contributed by atoms with van der Waals surface area (Å²) in [4.78, 5) is 0. The van der Waals surface area contributed by atoms with Crippen molar-refractivity contribution < 1.29 is 5.11 Å². The van der Waals surface area contributed by atoms with E-state index in [0.717, 1.165) is 31.2 Å². The Balaban J connectivity index is 2.27. The monoisotopic (exact) mass is 227 g/mol. The minimum absolute atomic E-state index is 0.117. The summed E-state index contributed by atoms with van der Waals surface area (Å²) < 4.78 is 0. The van der Waals surface area contributed by atoms with Gasteiger partial charge in [0, 0.05) is 6.04 Å². The van der Waals surface area contributed by atoms with Crippen molar-refractivity contribution in [2.45, 2.75) is 71.4 Å². The summed E-state index contributed by atoms with van der Waals surface area (Å²) in [7, 11) is 0. The van der Waals surface area contributed by atoms with Crippen molar-refractivity contribution in [3.8, 4) is 0 Å². The van der Waals surface area contributed by atoms with Crippen LogP contribution in [0.1, 0.15) is 59.3 Å². The molecule has 0 aromatic rings. The van der Waals surface area contributed by atoms with Gasteiger partial charge in [-0.15, -0.1) is 0 Å². The molecule has 1 aliphatic rings. The highest BCUT2D eigenvalue weighted by Gasteiger charge is 2.26. The molecule has 3 unspecified atom stereocenters. The predicted molar refractivity (Wildman–Crippen MR) is 69.5 cm³/mol. The van der Waals surface area contributed by atoms with Crippen molar-refractivity contribution in [3.63, 3.8) is 0 Å². The van der Waals surface area contributed by atoms with Gasteiger partial charge in [0.2, 0.25) is 0 Å². The fourth-order valence-electron chi connectivity index (χ4n) is 2.85. The number of hydrogen-bond donors (Lipinski definition) is 2. The first-order chi connectivity index (χ1) is 7.65. The zero-order valence-corrected chi connectivity index (χ0v) is 11.2. The second-order valence-corrected chi connectivity index (χ2v) is 5.60. The van der Waals surface area contributed by atoms with Crippen LogP contribution in [0.4, 0.5) is 0 Å². The molecule has 0 radical (unpaired) electrons. The van der Waals surface area contributed by atoms with Crippen LogP contribution in [0.3, 0.4) is 0 Å². The van der Waals surface area contributed by atoms with Gasteiger partial charge in [-0.3, -0.25) is 0 Å². The van der Waals surface area contributed by atoms with E-state index in [4.69, 9.17) is 0 Å². The maximum Gasteiger partial charge on any atom is 0.0549 e. The summed E-state index contributed by atoms with van der Waals surface area (Å²) in [6, 6.07) is 0.692. The first kappa shape index (κ1) is 14.0. The molecule has 0 saturated heterocycles. The van der Waals surface area contributed by atoms with Crippen LogP contribution in [0.25, 0.3) is 0 Å². The van der Waals surface area contributed by atoms with Gasteiger partial charge in [0.15, 0.2) is 0 Å². The average Bonchev–Trinajstić information content (AvgIpc) is 2.29. The predicted octanol–water partition coefficient (Wildman–Crippen LogP) is 2.95. The number of aliphatic hydroxyl groups excluding tert-OH is 1. The van der Waals surface area contributed by atoms with Crippen molar-refractivity contribution in [1.82, 2.24) is 5.32 Å². The zero-order valence-electron chi connectivity index (χ0n) is 11.2. The van der Waals surface area contributed by atoms with Crippen molar-refractivity contribution in [1.29, 1.82) is 0 Å². The summed E-state index contributed by atoms with van der Waals surface area (Å²) in [5.41, 5.74) is 0. The van der Waals surface area contributed by atoms with Gasteiger partial charge in [0.05, 0.1) is 6.10 Å². The van der Waals surface area contributed by atoms with E-state index >= 15 is 0 Å². The maximum atomic E-state index is 9.52. The molecule has 1 saturated carbocycles. The molecule has 1 fully saturated rings. The molecular formula is C14H29NO. The molecular weight excluding hydrogens is 198 g/mol. The van der Waals surface area contributed by atoms with Crippen LogP contribution in [0.15, 0.2) is 0 Å². The Kier molecular flexibility index (Phi) is 6.37. The number of aliphatic hydroxyl groups is 1. The zero-order chi connectivity index (χ0) is 12.0. The third kappa shape index (κ3) is 4.42. The minimum Gasteiger partial charge on any atom is -0.393 e. The van der Waals surface area contributed by atoms with Crippen molar-refractivity contribution in [3.05, 3.63) is 0 Å². The first-order valence-electron chi connectivity index (χ1n) is 7.06. The number of rotatable bonds is 6. The summed E-state index contributed by atoms with van der Waals surface area (Å²) in [5.74, 6) is 1.63. The lowest BCUT2D eigenvalue weighted by Crippen LogP contribution is -2.41. The van der Waals surface area contributed by atoms with Gasteiger partial charge in [-0.2, -0.15) is 0 Å². The minimum atomic E-state index is -0.117. The van der Waals surface area contributed by atoms with E-state index in [0.29, 0.717) is 6.04 Å². The van der Waals surface area contributed by atoms with E-state index in [2.05, 4.69) is 19.2 Å². The highest BCUT2D eigenvalue weighted by Crippen LogP contribution is 2.30. The Bertz CT molecular complexity index is 182. The Morgan fingerprint density at radius 2 is 1.94 bits per heavy atom. The van der Waals surface area contributed by atoms with Gasteiger partial charge < -0.3 is 10.4 Å². The first-order valence-corrected chi connectivity index (χ1v) is 7.06. The number of hydrogen-bond acceptors (Lipinski definition) is 2. The largest absolute Gasteiger partial charge is 0.393 e. The van der Waals surface area contributed by atoms with Gasteiger partial charge >= 0.3 is 0 Å². The molecule has 2 heteroatoms. The molecule has 2 N–H and O–H groups in total. The van der Waals surface area contributed by atoms with Crippen LogP contribution in [0.5, 0.6) is 0 Å². The highest BCUT2D eigenvalue weighted by atomic mass is 16.3. The van der Waals surface area contributed by atoms with E-state index in [1.807, 2.05) is 6.92 Å². The Labute approximate surface area is 101 Å². The second-order valence-electron chi connectivity index (χ2n) is 5.60. The molecule has 0 amide bonds.